The third kappa shape index (κ3) is 3.81. The molecule has 7 nitrogen and oxygen atoms in total. The molecule has 0 unspecified atom stereocenters. The van der Waals surface area contributed by atoms with Gasteiger partial charge in [0.05, 0.1) is 17.6 Å². The van der Waals surface area contributed by atoms with E-state index in [9.17, 15) is 18.0 Å². The van der Waals surface area contributed by atoms with E-state index in [2.05, 4.69) is 5.32 Å². The van der Waals surface area contributed by atoms with Crippen LogP contribution < -0.4 is 11.1 Å². The summed E-state index contributed by atoms with van der Waals surface area (Å²) < 4.78 is 43.6. The molecule has 1 aliphatic rings. The Hall–Kier alpha value is -3.84. The summed E-state index contributed by atoms with van der Waals surface area (Å²) in [5, 5.41) is 12.1. The molecule has 2 aromatic carbocycles. The summed E-state index contributed by atoms with van der Waals surface area (Å²) in [5.41, 5.74) is 5.58. The highest BCUT2D eigenvalue weighted by Crippen LogP contribution is 2.39. The summed E-state index contributed by atoms with van der Waals surface area (Å²) in [5.74, 6) is -2.04. The number of fused-ring (bicyclic) bond motifs is 1. The smallest absolute Gasteiger partial charge is 0.237 e. The Labute approximate surface area is 188 Å². The number of nitrogens with two attached hydrogens (primary N) is 1. The van der Waals surface area contributed by atoms with Crippen molar-refractivity contribution < 1.29 is 18.0 Å². The Balaban J connectivity index is 1.88. The number of carbonyl (C=O) groups is 1. The van der Waals surface area contributed by atoms with Crippen LogP contribution in [0.25, 0.3) is 11.3 Å². The molecule has 0 saturated heterocycles. The first-order valence-electron chi connectivity index (χ1n) is 10.2. The van der Waals surface area contributed by atoms with Crippen molar-refractivity contribution in [2.75, 3.05) is 18.4 Å². The summed E-state index contributed by atoms with van der Waals surface area (Å²) in [7, 11) is 0. The van der Waals surface area contributed by atoms with Crippen LogP contribution in [0.4, 0.5) is 24.7 Å². The van der Waals surface area contributed by atoms with Crippen LogP contribution in [0.5, 0.6) is 0 Å². The van der Waals surface area contributed by atoms with Gasteiger partial charge in [-0.1, -0.05) is 0 Å². The van der Waals surface area contributed by atoms with Crippen LogP contribution in [0.1, 0.15) is 25.2 Å². The first-order chi connectivity index (χ1) is 15.7. The molecule has 1 aromatic heterocycles. The number of amides is 1. The quantitative estimate of drug-likeness (QED) is 0.627. The number of anilines is 2. The molecule has 10 heteroatoms. The number of aromatic nitrogens is 2. The third-order valence-corrected chi connectivity index (χ3v) is 5.76. The number of nitrogens with zero attached hydrogens (tertiary/aromatic N) is 4. The predicted molar refractivity (Wildman–Crippen MR) is 116 cm³/mol. The average Bonchev–Trinajstić information content (AvgIpc) is 3.15. The molecule has 170 valence electrons. The molecule has 0 fully saturated rings. The maximum absolute atomic E-state index is 14.2. The van der Waals surface area contributed by atoms with Crippen LogP contribution in [0.2, 0.25) is 0 Å². The fourth-order valence-corrected chi connectivity index (χ4v) is 4.08. The van der Waals surface area contributed by atoms with Crippen molar-refractivity contribution in [3.8, 4) is 17.3 Å². The van der Waals surface area contributed by atoms with Gasteiger partial charge in [-0.05, 0) is 50.2 Å². The van der Waals surface area contributed by atoms with Gasteiger partial charge >= 0.3 is 0 Å². The Morgan fingerprint density at radius 1 is 1.15 bits per heavy atom. The average molecular weight is 454 g/mol. The minimum atomic E-state index is -1.03. The first kappa shape index (κ1) is 22.4. The molecule has 3 aromatic rings. The highest BCUT2D eigenvalue weighted by Gasteiger charge is 2.41. The lowest BCUT2D eigenvalue weighted by Crippen LogP contribution is -2.53. The van der Waals surface area contributed by atoms with Crippen molar-refractivity contribution >= 4 is 17.4 Å². The number of imidazole rings is 1. The standard InChI is InChI=1S/C23H21F3N6O/c1-23(2)22-30-20(13-4-6-16(24)18(26)9-13)21(31(22)7-8-32(23)19(33)12-28)29-15-5-3-14(11-27)17(25)10-15/h3-6,9-10,29H,7-8,12,28H2,1-2H3. The van der Waals surface area contributed by atoms with E-state index in [1.807, 2.05) is 18.4 Å². The van der Waals surface area contributed by atoms with Crippen LogP contribution in [-0.2, 0) is 16.9 Å². The second-order valence-corrected chi connectivity index (χ2v) is 8.15. The summed E-state index contributed by atoms with van der Waals surface area (Å²) in [6, 6.07) is 9.25. The Bertz CT molecular complexity index is 1290. The molecule has 0 radical (unpaired) electrons. The Morgan fingerprint density at radius 3 is 2.55 bits per heavy atom. The summed E-state index contributed by atoms with van der Waals surface area (Å²) in [6.07, 6.45) is 0. The molecule has 0 atom stereocenters. The van der Waals surface area contributed by atoms with Gasteiger partial charge in [0.1, 0.15) is 29.2 Å². The fraction of sp³-hybridized carbons (Fsp3) is 0.261. The minimum Gasteiger partial charge on any atom is -0.340 e. The van der Waals surface area contributed by atoms with Crippen LogP contribution >= 0.6 is 0 Å². The minimum absolute atomic E-state index is 0.103. The largest absolute Gasteiger partial charge is 0.340 e. The maximum Gasteiger partial charge on any atom is 0.237 e. The lowest BCUT2D eigenvalue weighted by molar-refractivity contribution is -0.137. The van der Waals surface area contributed by atoms with Crippen molar-refractivity contribution in [2.24, 2.45) is 5.73 Å². The van der Waals surface area contributed by atoms with Crippen LogP contribution in [-0.4, -0.2) is 33.4 Å². The zero-order valence-electron chi connectivity index (χ0n) is 18.0. The van der Waals surface area contributed by atoms with Crippen LogP contribution in [0, 0.1) is 28.8 Å². The van der Waals surface area contributed by atoms with Gasteiger partial charge in [0, 0.05) is 24.3 Å². The van der Waals surface area contributed by atoms with Crippen molar-refractivity contribution in [1.82, 2.24) is 14.5 Å². The molecule has 0 bridgehead atoms. The highest BCUT2D eigenvalue weighted by atomic mass is 19.2. The number of hydrogen-bond acceptors (Lipinski definition) is 5. The molecule has 3 N–H and O–H groups in total. The SMILES string of the molecule is CC1(C)c2nc(-c3ccc(F)c(F)c3)c(Nc3ccc(C#N)c(F)c3)n2CCN1C(=O)CN. The lowest BCUT2D eigenvalue weighted by Gasteiger charge is -2.42. The number of nitrogens with one attached hydrogen (secondary N) is 1. The summed E-state index contributed by atoms with van der Waals surface area (Å²) >= 11 is 0. The number of carbonyl (C=O) groups excluding carboxylic acids is 1. The zero-order valence-corrected chi connectivity index (χ0v) is 18.0. The van der Waals surface area contributed by atoms with E-state index in [1.165, 1.54) is 24.3 Å². The number of rotatable bonds is 4. The van der Waals surface area contributed by atoms with Crippen LogP contribution in [0.15, 0.2) is 36.4 Å². The Kier molecular flexibility index (Phi) is 5.59. The van der Waals surface area contributed by atoms with Gasteiger partial charge < -0.3 is 20.5 Å². The van der Waals surface area contributed by atoms with Gasteiger partial charge in [-0.15, -0.1) is 0 Å². The zero-order chi connectivity index (χ0) is 23.9. The topological polar surface area (TPSA) is 100.0 Å². The fourth-order valence-electron chi connectivity index (χ4n) is 4.08. The monoisotopic (exact) mass is 454 g/mol. The van der Waals surface area contributed by atoms with Gasteiger partial charge in [-0.2, -0.15) is 5.26 Å². The van der Waals surface area contributed by atoms with Crippen molar-refractivity contribution in [3.63, 3.8) is 0 Å². The molecular weight excluding hydrogens is 433 g/mol. The van der Waals surface area contributed by atoms with E-state index in [1.54, 1.807) is 11.0 Å². The summed E-state index contributed by atoms with van der Waals surface area (Å²) in [4.78, 5) is 18.7. The molecule has 0 spiro atoms. The number of benzene rings is 2. The normalized spacial score (nSPS) is 14.5. The molecule has 0 aliphatic carbocycles. The van der Waals surface area contributed by atoms with E-state index in [0.29, 0.717) is 41.7 Å². The number of halogens is 3. The molecular formula is C23H21F3N6O. The number of hydrogen-bond donors (Lipinski definition) is 2. The maximum atomic E-state index is 14.2. The van der Waals surface area contributed by atoms with Crippen molar-refractivity contribution in [2.45, 2.75) is 25.9 Å². The van der Waals surface area contributed by atoms with Gasteiger partial charge in [0.15, 0.2) is 11.6 Å². The lowest BCUT2D eigenvalue weighted by atomic mass is 9.99. The van der Waals surface area contributed by atoms with Gasteiger partial charge in [0.2, 0.25) is 5.91 Å². The molecule has 1 amide bonds. The van der Waals surface area contributed by atoms with Gasteiger partial charge in [-0.3, -0.25) is 4.79 Å². The second-order valence-electron chi connectivity index (χ2n) is 8.15. The van der Waals surface area contributed by atoms with E-state index >= 15 is 0 Å². The van der Waals surface area contributed by atoms with E-state index < -0.39 is 23.0 Å². The summed E-state index contributed by atoms with van der Waals surface area (Å²) in [6.45, 7) is 4.18. The second kappa shape index (κ2) is 8.26. The molecule has 0 saturated carbocycles. The molecule has 1 aliphatic heterocycles. The predicted octanol–water partition coefficient (Wildman–Crippen LogP) is 3.62. The molecule has 33 heavy (non-hydrogen) atoms. The van der Waals surface area contributed by atoms with Gasteiger partial charge in [-0.25, -0.2) is 18.2 Å². The molecule has 2 heterocycles. The first-order valence-corrected chi connectivity index (χ1v) is 10.2. The molecule has 4 rings (SSSR count). The van der Waals surface area contributed by atoms with Gasteiger partial charge in [0.25, 0.3) is 0 Å². The van der Waals surface area contributed by atoms with E-state index in [-0.39, 0.29) is 18.0 Å². The van der Waals surface area contributed by atoms with Crippen molar-refractivity contribution in [3.05, 3.63) is 65.2 Å². The van der Waals surface area contributed by atoms with Crippen LogP contribution in [0.3, 0.4) is 0 Å². The van der Waals surface area contributed by atoms with Crippen molar-refractivity contribution in [1.29, 1.82) is 5.26 Å². The Morgan fingerprint density at radius 2 is 1.91 bits per heavy atom. The van der Waals surface area contributed by atoms with E-state index in [0.717, 1.165) is 12.1 Å². The van der Waals surface area contributed by atoms with E-state index in [4.69, 9.17) is 16.0 Å². The number of nitriles is 1. The highest BCUT2D eigenvalue weighted by molar-refractivity contribution is 5.80. The third-order valence-electron chi connectivity index (χ3n) is 5.76.